The van der Waals surface area contributed by atoms with Crippen molar-refractivity contribution in [3.8, 4) is 23.1 Å². The number of rotatable bonds is 4. The molecule has 3 aromatic rings. The van der Waals surface area contributed by atoms with E-state index in [1.165, 1.54) is 18.2 Å². The summed E-state index contributed by atoms with van der Waals surface area (Å²) in [6.07, 6.45) is 0. The van der Waals surface area contributed by atoms with Crippen molar-refractivity contribution in [2.24, 2.45) is 0 Å². The highest BCUT2D eigenvalue weighted by molar-refractivity contribution is 6.31. The molecule has 0 aliphatic heterocycles. The van der Waals surface area contributed by atoms with Gasteiger partial charge in [0.1, 0.15) is 35.6 Å². The molecule has 0 aliphatic rings. The van der Waals surface area contributed by atoms with Gasteiger partial charge in [0.05, 0.1) is 10.7 Å². The molecular formula is C18H12Cl2FN5O. The molecule has 4 N–H and O–H groups in total. The summed E-state index contributed by atoms with van der Waals surface area (Å²) in [7, 11) is 0. The summed E-state index contributed by atoms with van der Waals surface area (Å²) < 4.78 is 19.0. The maximum absolute atomic E-state index is 13.2. The van der Waals surface area contributed by atoms with Crippen molar-refractivity contribution in [3.05, 3.63) is 63.4 Å². The summed E-state index contributed by atoms with van der Waals surface area (Å²) >= 11 is 12.1. The highest BCUT2D eigenvalue weighted by Gasteiger charge is 2.18. The Hall–Kier alpha value is -3.08. The van der Waals surface area contributed by atoms with Gasteiger partial charge in [0.2, 0.25) is 5.95 Å². The van der Waals surface area contributed by atoms with E-state index in [0.29, 0.717) is 21.9 Å². The second kappa shape index (κ2) is 7.66. The highest BCUT2D eigenvalue weighted by atomic mass is 35.5. The van der Waals surface area contributed by atoms with E-state index in [9.17, 15) is 9.65 Å². The van der Waals surface area contributed by atoms with Gasteiger partial charge in [0, 0.05) is 16.1 Å². The number of halogens is 3. The van der Waals surface area contributed by atoms with Crippen LogP contribution in [0.3, 0.4) is 0 Å². The Labute approximate surface area is 164 Å². The summed E-state index contributed by atoms with van der Waals surface area (Å²) in [4.78, 5) is 7.90. The van der Waals surface area contributed by atoms with Crippen LogP contribution in [0.1, 0.15) is 11.1 Å². The van der Waals surface area contributed by atoms with Crippen molar-refractivity contribution in [3.63, 3.8) is 0 Å². The molecule has 3 rings (SSSR count). The van der Waals surface area contributed by atoms with Crippen molar-refractivity contribution >= 4 is 35.0 Å². The number of nitrogens with two attached hydrogens (primary N) is 2. The summed E-state index contributed by atoms with van der Waals surface area (Å²) in [5, 5.41) is 10.0. The van der Waals surface area contributed by atoms with Crippen molar-refractivity contribution < 1.29 is 9.13 Å². The minimum Gasteiger partial charge on any atom is -0.488 e. The molecule has 6 nitrogen and oxygen atoms in total. The first-order valence-corrected chi connectivity index (χ1v) is 8.34. The summed E-state index contributed by atoms with van der Waals surface area (Å²) in [5.74, 6) is -0.211. The van der Waals surface area contributed by atoms with Crippen molar-refractivity contribution in [1.82, 2.24) is 9.97 Å². The van der Waals surface area contributed by atoms with Gasteiger partial charge in [-0.1, -0.05) is 29.3 Å². The third kappa shape index (κ3) is 4.03. The maximum atomic E-state index is 13.2. The fraction of sp³-hybridized carbons (Fsp3) is 0.0556. The van der Waals surface area contributed by atoms with Crippen LogP contribution < -0.4 is 16.2 Å². The van der Waals surface area contributed by atoms with Crippen LogP contribution in [0.15, 0.2) is 36.4 Å². The Morgan fingerprint density at radius 1 is 1.11 bits per heavy atom. The third-order valence-electron chi connectivity index (χ3n) is 3.66. The maximum Gasteiger partial charge on any atom is 0.222 e. The lowest BCUT2D eigenvalue weighted by Gasteiger charge is -2.14. The van der Waals surface area contributed by atoms with E-state index >= 15 is 0 Å². The normalized spacial score (nSPS) is 10.4. The Morgan fingerprint density at radius 3 is 2.59 bits per heavy atom. The summed E-state index contributed by atoms with van der Waals surface area (Å²) in [6, 6.07) is 10.8. The van der Waals surface area contributed by atoms with E-state index in [1.807, 2.05) is 6.07 Å². The van der Waals surface area contributed by atoms with E-state index in [-0.39, 0.29) is 34.7 Å². The zero-order chi connectivity index (χ0) is 19.6. The molecule has 0 radical (unpaired) electrons. The lowest BCUT2D eigenvalue weighted by Crippen LogP contribution is -2.06. The number of nitrogens with zero attached hydrogens (tertiary/aromatic N) is 3. The molecule has 0 spiro atoms. The number of hydrogen-bond donors (Lipinski definition) is 2. The lowest BCUT2D eigenvalue weighted by atomic mass is 10.1. The SMILES string of the molecule is N#Cc1c(N)nc(N)nc1-c1cc(Cl)ccc1OCc1ccc(F)cc1Cl. The average molecular weight is 404 g/mol. The second-order valence-electron chi connectivity index (χ2n) is 5.47. The quantitative estimate of drug-likeness (QED) is 0.674. The second-order valence-corrected chi connectivity index (χ2v) is 6.31. The van der Waals surface area contributed by atoms with Crippen LogP contribution in [-0.4, -0.2) is 9.97 Å². The number of nitriles is 1. The number of hydrogen-bond acceptors (Lipinski definition) is 6. The van der Waals surface area contributed by atoms with Gasteiger partial charge >= 0.3 is 0 Å². The first kappa shape index (κ1) is 18.7. The van der Waals surface area contributed by atoms with Crippen LogP contribution in [-0.2, 0) is 6.61 Å². The van der Waals surface area contributed by atoms with Gasteiger partial charge in [-0.15, -0.1) is 0 Å². The van der Waals surface area contributed by atoms with Gasteiger partial charge in [-0.3, -0.25) is 0 Å². The molecule has 2 aromatic carbocycles. The Morgan fingerprint density at radius 2 is 1.89 bits per heavy atom. The Bertz CT molecular complexity index is 1070. The molecule has 27 heavy (non-hydrogen) atoms. The molecule has 0 saturated heterocycles. The van der Waals surface area contributed by atoms with Crippen LogP contribution in [0.4, 0.5) is 16.2 Å². The summed E-state index contributed by atoms with van der Waals surface area (Å²) in [6.45, 7) is 0.0612. The molecule has 1 aromatic heterocycles. The number of ether oxygens (including phenoxy) is 1. The zero-order valence-corrected chi connectivity index (χ0v) is 15.2. The van der Waals surface area contributed by atoms with Crippen molar-refractivity contribution in [1.29, 1.82) is 5.26 Å². The smallest absolute Gasteiger partial charge is 0.222 e. The molecule has 0 fully saturated rings. The van der Waals surface area contributed by atoms with E-state index < -0.39 is 5.82 Å². The zero-order valence-electron chi connectivity index (χ0n) is 13.7. The van der Waals surface area contributed by atoms with Gasteiger partial charge < -0.3 is 16.2 Å². The predicted molar refractivity (Wildman–Crippen MR) is 102 cm³/mol. The first-order chi connectivity index (χ1) is 12.9. The molecule has 0 unspecified atom stereocenters. The van der Waals surface area contributed by atoms with Crippen molar-refractivity contribution in [2.45, 2.75) is 6.61 Å². The van der Waals surface area contributed by atoms with Crippen LogP contribution in [0.2, 0.25) is 10.0 Å². The fourth-order valence-electron chi connectivity index (χ4n) is 2.41. The number of anilines is 2. The predicted octanol–water partition coefficient (Wildman–Crippen LogP) is 4.20. The van der Waals surface area contributed by atoms with E-state index in [0.717, 1.165) is 0 Å². The molecule has 136 valence electrons. The van der Waals surface area contributed by atoms with Crippen LogP contribution in [0, 0.1) is 17.1 Å². The standard InChI is InChI=1S/C18H12Cl2FN5O/c19-10-2-4-15(27-8-9-1-3-11(21)6-14(9)20)12(5-10)16-13(7-22)17(23)26-18(24)25-16/h1-6H,8H2,(H4,23,24,25,26). The van der Waals surface area contributed by atoms with E-state index in [2.05, 4.69) is 9.97 Å². The van der Waals surface area contributed by atoms with Crippen LogP contribution in [0.25, 0.3) is 11.3 Å². The van der Waals surface area contributed by atoms with Crippen molar-refractivity contribution in [2.75, 3.05) is 11.5 Å². The molecule has 9 heteroatoms. The van der Waals surface area contributed by atoms with Gasteiger partial charge in [0.25, 0.3) is 0 Å². The molecule has 0 amide bonds. The third-order valence-corrected chi connectivity index (χ3v) is 4.25. The monoisotopic (exact) mass is 403 g/mol. The number of aromatic nitrogens is 2. The van der Waals surface area contributed by atoms with E-state index in [4.69, 9.17) is 39.4 Å². The van der Waals surface area contributed by atoms with Crippen LogP contribution in [0.5, 0.6) is 5.75 Å². The molecule has 0 saturated carbocycles. The van der Waals surface area contributed by atoms with Gasteiger partial charge in [0.15, 0.2) is 0 Å². The molecule has 0 atom stereocenters. The number of benzene rings is 2. The largest absolute Gasteiger partial charge is 0.488 e. The van der Waals surface area contributed by atoms with Crippen LogP contribution >= 0.6 is 23.2 Å². The molecule has 1 heterocycles. The minimum atomic E-state index is -0.443. The molecule has 0 aliphatic carbocycles. The van der Waals surface area contributed by atoms with Gasteiger partial charge in [-0.2, -0.15) is 10.2 Å². The molecular weight excluding hydrogens is 392 g/mol. The van der Waals surface area contributed by atoms with Gasteiger partial charge in [-0.05, 0) is 30.3 Å². The number of nitrogen functional groups attached to an aromatic ring is 2. The first-order valence-electron chi connectivity index (χ1n) is 7.58. The fourth-order valence-corrected chi connectivity index (χ4v) is 2.80. The van der Waals surface area contributed by atoms with E-state index in [1.54, 1.807) is 18.2 Å². The Kier molecular flexibility index (Phi) is 5.31. The highest BCUT2D eigenvalue weighted by Crippen LogP contribution is 2.35. The topological polar surface area (TPSA) is 111 Å². The average Bonchev–Trinajstić information content (AvgIpc) is 2.61. The Balaban J connectivity index is 2.03. The lowest BCUT2D eigenvalue weighted by molar-refractivity contribution is 0.307. The van der Waals surface area contributed by atoms with Gasteiger partial charge in [-0.25, -0.2) is 9.37 Å². The molecule has 0 bridgehead atoms. The summed E-state index contributed by atoms with van der Waals surface area (Å²) in [5.41, 5.74) is 12.7. The minimum absolute atomic E-state index is 0.0486.